The van der Waals surface area contributed by atoms with E-state index in [1.165, 1.54) is 28.7 Å². The van der Waals surface area contributed by atoms with Gasteiger partial charge >= 0.3 is 0 Å². The molecule has 1 aromatic carbocycles. The van der Waals surface area contributed by atoms with Crippen molar-refractivity contribution in [1.29, 1.82) is 0 Å². The second-order valence-corrected chi connectivity index (χ2v) is 8.11. The minimum atomic E-state index is -0.0581. The molecule has 4 rings (SSSR count). The number of hydrogen-bond donors (Lipinski definition) is 0. The van der Waals surface area contributed by atoms with Gasteiger partial charge in [0.05, 0.1) is 5.69 Å². The molecule has 8 heteroatoms. The van der Waals surface area contributed by atoms with Crippen LogP contribution in [-0.4, -0.2) is 19.6 Å². The number of aryl methyl sites for hydroxylation is 1. The van der Waals surface area contributed by atoms with Gasteiger partial charge in [-0.2, -0.15) is 0 Å². The summed E-state index contributed by atoms with van der Waals surface area (Å²) < 4.78 is 7.37. The van der Waals surface area contributed by atoms with Gasteiger partial charge in [0.2, 0.25) is 5.89 Å². The fourth-order valence-electron chi connectivity index (χ4n) is 2.85. The van der Waals surface area contributed by atoms with Crippen LogP contribution in [0.5, 0.6) is 0 Å². The molecular formula is C19H18N4O2S2. The molecule has 27 heavy (non-hydrogen) atoms. The molecule has 0 amide bonds. The third-order valence-electron chi connectivity index (χ3n) is 4.27. The van der Waals surface area contributed by atoms with Gasteiger partial charge in [0.1, 0.15) is 0 Å². The molecule has 0 aliphatic carbocycles. The zero-order chi connectivity index (χ0) is 18.8. The first kappa shape index (κ1) is 17.9. The maximum absolute atomic E-state index is 12.2. The molecule has 0 spiro atoms. The standard InChI is InChI=1S/C19H18N4O2S2/c1-12(14-6-4-3-5-7-14)8-16-21-22-19(25-16)27-11-15-9-17(24)23-13(2)10-26-18(23)20-15/h3-7,9-10,12H,8,11H2,1-2H3. The molecule has 4 aromatic rings. The summed E-state index contributed by atoms with van der Waals surface area (Å²) in [6.07, 6.45) is 0.692. The number of benzene rings is 1. The summed E-state index contributed by atoms with van der Waals surface area (Å²) in [6, 6.07) is 11.8. The molecule has 6 nitrogen and oxygen atoms in total. The predicted molar refractivity (Wildman–Crippen MR) is 106 cm³/mol. The number of hydrogen-bond acceptors (Lipinski definition) is 7. The minimum Gasteiger partial charge on any atom is -0.416 e. The zero-order valence-electron chi connectivity index (χ0n) is 15.0. The highest BCUT2D eigenvalue weighted by Crippen LogP contribution is 2.24. The van der Waals surface area contributed by atoms with Crippen LogP contribution in [0, 0.1) is 6.92 Å². The van der Waals surface area contributed by atoms with Gasteiger partial charge in [0.25, 0.3) is 10.8 Å². The summed E-state index contributed by atoms with van der Waals surface area (Å²) in [5, 5.41) is 10.7. The summed E-state index contributed by atoms with van der Waals surface area (Å²) in [5.41, 5.74) is 2.80. The Morgan fingerprint density at radius 3 is 2.89 bits per heavy atom. The lowest BCUT2D eigenvalue weighted by Gasteiger charge is -2.08. The number of fused-ring (bicyclic) bond motifs is 1. The molecule has 0 N–H and O–H groups in total. The van der Waals surface area contributed by atoms with Crippen molar-refractivity contribution in [2.45, 2.75) is 37.2 Å². The summed E-state index contributed by atoms with van der Waals surface area (Å²) in [5.74, 6) is 1.43. The van der Waals surface area contributed by atoms with E-state index in [0.717, 1.165) is 5.69 Å². The molecule has 138 valence electrons. The lowest BCUT2D eigenvalue weighted by molar-refractivity contribution is 0.404. The van der Waals surface area contributed by atoms with Crippen LogP contribution in [0.4, 0.5) is 0 Å². The summed E-state index contributed by atoms with van der Waals surface area (Å²) in [7, 11) is 0. The van der Waals surface area contributed by atoms with Gasteiger partial charge in [-0.05, 0) is 18.4 Å². The smallest absolute Gasteiger partial charge is 0.276 e. The molecule has 0 radical (unpaired) electrons. The Bertz CT molecular complexity index is 1120. The number of rotatable bonds is 6. The van der Waals surface area contributed by atoms with Crippen LogP contribution in [0.15, 0.2) is 56.2 Å². The van der Waals surface area contributed by atoms with Gasteiger partial charge in [0.15, 0.2) is 4.96 Å². The zero-order valence-corrected chi connectivity index (χ0v) is 16.6. The number of thiazole rings is 1. The molecule has 0 saturated heterocycles. The molecule has 1 unspecified atom stereocenters. The van der Waals surface area contributed by atoms with Gasteiger partial charge in [0, 0.05) is 29.3 Å². The van der Waals surface area contributed by atoms with Gasteiger partial charge in [-0.15, -0.1) is 21.5 Å². The second kappa shape index (κ2) is 7.66. The van der Waals surface area contributed by atoms with Crippen LogP contribution in [0.1, 0.15) is 35.7 Å². The van der Waals surface area contributed by atoms with Gasteiger partial charge < -0.3 is 4.42 Å². The average molecular weight is 399 g/mol. The first-order valence-electron chi connectivity index (χ1n) is 8.57. The van der Waals surface area contributed by atoms with Crippen molar-refractivity contribution < 1.29 is 4.42 Å². The van der Waals surface area contributed by atoms with E-state index in [-0.39, 0.29) is 5.56 Å². The van der Waals surface area contributed by atoms with Crippen molar-refractivity contribution in [2.75, 3.05) is 0 Å². The predicted octanol–water partition coefficient (Wildman–Crippen LogP) is 4.09. The fourth-order valence-corrected chi connectivity index (χ4v) is 4.41. The molecule has 1 atom stereocenters. The van der Waals surface area contributed by atoms with Crippen LogP contribution in [0.3, 0.4) is 0 Å². The summed E-state index contributed by atoms with van der Waals surface area (Å²) in [6.45, 7) is 4.04. The Hall–Kier alpha value is -2.45. The lowest BCUT2D eigenvalue weighted by atomic mass is 9.98. The number of aromatic nitrogens is 4. The summed E-state index contributed by atoms with van der Waals surface area (Å²) in [4.78, 5) is 17.5. The number of thioether (sulfide) groups is 1. The van der Waals surface area contributed by atoms with Crippen LogP contribution >= 0.6 is 23.1 Å². The van der Waals surface area contributed by atoms with Crippen molar-refractivity contribution in [3.05, 3.63) is 75.0 Å². The molecule has 0 saturated carbocycles. The van der Waals surface area contributed by atoms with E-state index in [9.17, 15) is 4.79 Å². The Balaban J connectivity index is 1.42. The van der Waals surface area contributed by atoms with Crippen LogP contribution < -0.4 is 5.56 Å². The van der Waals surface area contributed by atoms with E-state index in [1.54, 1.807) is 10.5 Å². The lowest BCUT2D eigenvalue weighted by Crippen LogP contribution is -2.14. The molecule has 3 aromatic heterocycles. The van der Waals surface area contributed by atoms with E-state index in [4.69, 9.17) is 4.42 Å². The van der Waals surface area contributed by atoms with E-state index in [1.807, 2.05) is 30.5 Å². The fraction of sp³-hybridized carbons (Fsp3) is 0.263. The molecule has 3 heterocycles. The van der Waals surface area contributed by atoms with Crippen LogP contribution in [0.25, 0.3) is 4.96 Å². The molecule has 0 aliphatic heterocycles. The highest BCUT2D eigenvalue weighted by molar-refractivity contribution is 7.98. The van der Waals surface area contributed by atoms with Gasteiger partial charge in [-0.3, -0.25) is 9.20 Å². The third kappa shape index (κ3) is 3.96. The molecule has 0 aliphatic rings. The van der Waals surface area contributed by atoms with Crippen molar-refractivity contribution >= 4 is 28.1 Å². The first-order valence-corrected chi connectivity index (χ1v) is 10.4. The first-order chi connectivity index (χ1) is 13.1. The van der Waals surface area contributed by atoms with Gasteiger partial charge in [-0.25, -0.2) is 4.98 Å². The highest BCUT2D eigenvalue weighted by atomic mass is 32.2. The minimum absolute atomic E-state index is 0.0581. The Kier molecular flexibility index (Phi) is 5.09. The second-order valence-electron chi connectivity index (χ2n) is 6.35. The maximum Gasteiger partial charge on any atom is 0.276 e. The monoisotopic (exact) mass is 398 g/mol. The largest absolute Gasteiger partial charge is 0.416 e. The Morgan fingerprint density at radius 1 is 1.26 bits per heavy atom. The average Bonchev–Trinajstić information content (AvgIpc) is 3.27. The maximum atomic E-state index is 12.2. The van der Waals surface area contributed by atoms with E-state index >= 15 is 0 Å². The van der Waals surface area contributed by atoms with Crippen molar-refractivity contribution in [2.24, 2.45) is 0 Å². The SMILES string of the molecule is Cc1csc2nc(CSc3nnc(CC(C)c4ccccc4)o3)cc(=O)n12. The third-order valence-corrected chi connectivity index (χ3v) is 6.07. The topological polar surface area (TPSA) is 73.3 Å². The van der Waals surface area contributed by atoms with E-state index < -0.39 is 0 Å². The van der Waals surface area contributed by atoms with Crippen LogP contribution in [-0.2, 0) is 12.2 Å². The normalized spacial score (nSPS) is 12.5. The quantitative estimate of drug-likeness (QED) is 0.456. The number of nitrogens with zero attached hydrogens (tertiary/aromatic N) is 4. The van der Waals surface area contributed by atoms with Gasteiger partial charge in [-0.1, -0.05) is 49.0 Å². The van der Waals surface area contributed by atoms with Crippen molar-refractivity contribution in [3.63, 3.8) is 0 Å². The highest BCUT2D eigenvalue weighted by Gasteiger charge is 2.13. The Labute approximate surface area is 164 Å². The van der Waals surface area contributed by atoms with E-state index in [0.29, 0.717) is 39.9 Å². The molecule has 0 bridgehead atoms. The molecule has 0 fully saturated rings. The van der Waals surface area contributed by atoms with Crippen molar-refractivity contribution in [3.8, 4) is 0 Å². The summed E-state index contributed by atoms with van der Waals surface area (Å²) >= 11 is 2.86. The van der Waals surface area contributed by atoms with E-state index in [2.05, 4.69) is 34.2 Å². The molecular weight excluding hydrogens is 380 g/mol. The van der Waals surface area contributed by atoms with Crippen LogP contribution in [0.2, 0.25) is 0 Å². The van der Waals surface area contributed by atoms with Crippen molar-refractivity contribution in [1.82, 2.24) is 19.6 Å². The Morgan fingerprint density at radius 2 is 2.07 bits per heavy atom.